The molecule has 2 atom stereocenters. The Balaban J connectivity index is 2.04. The third-order valence-electron chi connectivity index (χ3n) is 4.90. The molecule has 2 aliphatic rings. The van der Waals surface area contributed by atoms with E-state index in [4.69, 9.17) is 0 Å². The average Bonchev–Trinajstić information content (AvgIpc) is 3.05. The Bertz CT molecular complexity index is 385. The highest BCUT2D eigenvalue weighted by atomic mass is 16.4. The van der Waals surface area contributed by atoms with Crippen LogP contribution in [0.15, 0.2) is 0 Å². The van der Waals surface area contributed by atoms with Crippen molar-refractivity contribution in [3.05, 3.63) is 0 Å². The van der Waals surface area contributed by atoms with E-state index >= 15 is 0 Å². The van der Waals surface area contributed by atoms with Crippen LogP contribution in [0.5, 0.6) is 0 Å². The maximum atomic E-state index is 12.6. The lowest BCUT2D eigenvalue weighted by Gasteiger charge is -2.30. The highest BCUT2D eigenvalue weighted by molar-refractivity contribution is 5.80. The minimum absolute atomic E-state index is 0.0496. The van der Waals surface area contributed by atoms with Crippen LogP contribution in [0.2, 0.25) is 0 Å². The number of rotatable bonds is 4. The molecule has 2 saturated heterocycles. The normalized spacial score (nSPS) is 30.0. The van der Waals surface area contributed by atoms with Crippen LogP contribution < -0.4 is 0 Å². The van der Waals surface area contributed by atoms with E-state index in [9.17, 15) is 14.7 Å². The number of amides is 2. The predicted molar refractivity (Wildman–Crippen MR) is 76.6 cm³/mol. The van der Waals surface area contributed by atoms with Gasteiger partial charge in [-0.15, -0.1) is 0 Å². The molecule has 0 radical (unpaired) electrons. The lowest BCUT2D eigenvalue weighted by Crippen LogP contribution is -2.46. The molecule has 5 heteroatoms. The van der Waals surface area contributed by atoms with E-state index < -0.39 is 11.4 Å². The number of carboxylic acid groups (broad SMARTS) is 1. The Morgan fingerprint density at radius 1 is 1.30 bits per heavy atom. The van der Waals surface area contributed by atoms with Crippen LogP contribution in [0, 0.1) is 5.41 Å². The molecule has 2 heterocycles. The van der Waals surface area contributed by atoms with Crippen LogP contribution in [0.25, 0.3) is 0 Å². The lowest BCUT2D eigenvalue weighted by molar-refractivity contribution is -0.148. The number of likely N-dealkylation sites (tertiary alicyclic amines) is 2. The molecule has 0 aromatic heterocycles. The van der Waals surface area contributed by atoms with Gasteiger partial charge in [-0.2, -0.15) is 0 Å². The average molecular weight is 282 g/mol. The summed E-state index contributed by atoms with van der Waals surface area (Å²) in [6, 6.07) is 0.391. The van der Waals surface area contributed by atoms with Gasteiger partial charge in [-0.25, -0.2) is 4.79 Å². The number of hydrogen-bond donors (Lipinski definition) is 1. The van der Waals surface area contributed by atoms with Crippen LogP contribution in [0.1, 0.15) is 52.4 Å². The lowest BCUT2D eigenvalue weighted by atomic mass is 9.83. The van der Waals surface area contributed by atoms with Crippen molar-refractivity contribution in [3.8, 4) is 0 Å². The quantitative estimate of drug-likeness (QED) is 0.862. The second kappa shape index (κ2) is 6.02. The van der Waals surface area contributed by atoms with E-state index in [0.717, 1.165) is 32.2 Å². The second-order valence-corrected chi connectivity index (χ2v) is 6.19. The summed E-state index contributed by atoms with van der Waals surface area (Å²) < 4.78 is 0. The molecule has 2 unspecified atom stereocenters. The van der Waals surface area contributed by atoms with Gasteiger partial charge >= 0.3 is 12.0 Å². The molecule has 0 aliphatic carbocycles. The topological polar surface area (TPSA) is 60.9 Å². The van der Waals surface area contributed by atoms with E-state index in [1.54, 1.807) is 4.90 Å². The summed E-state index contributed by atoms with van der Waals surface area (Å²) in [7, 11) is 0. The molecule has 0 aromatic carbocycles. The Morgan fingerprint density at radius 2 is 2.05 bits per heavy atom. The molecule has 0 spiro atoms. The molecular formula is C15H26N2O3. The summed E-state index contributed by atoms with van der Waals surface area (Å²) in [6.45, 7) is 5.89. The first-order valence-electron chi connectivity index (χ1n) is 7.83. The molecule has 0 aromatic rings. The summed E-state index contributed by atoms with van der Waals surface area (Å²) in [5.74, 6) is -0.747. The van der Waals surface area contributed by atoms with Gasteiger partial charge < -0.3 is 14.9 Å². The van der Waals surface area contributed by atoms with Crippen molar-refractivity contribution >= 4 is 12.0 Å². The Morgan fingerprint density at radius 3 is 2.65 bits per heavy atom. The Labute approximate surface area is 120 Å². The van der Waals surface area contributed by atoms with Gasteiger partial charge in [0.05, 0.1) is 5.41 Å². The highest BCUT2D eigenvalue weighted by Gasteiger charge is 2.46. The SMILES string of the molecule is CCCC1(C(=O)O)CCN(C(=O)N2CCCC2CC)C1. The zero-order chi connectivity index (χ0) is 14.8. The van der Waals surface area contributed by atoms with Gasteiger partial charge in [0.25, 0.3) is 0 Å². The van der Waals surface area contributed by atoms with Gasteiger partial charge in [0.2, 0.25) is 0 Å². The Kier molecular flexibility index (Phi) is 4.55. The molecule has 0 saturated carbocycles. The van der Waals surface area contributed by atoms with Gasteiger partial charge in [0, 0.05) is 25.7 Å². The summed E-state index contributed by atoms with van der Waals surface area (Å²) >= 11 is 0. The molecule has 1 N–H and O–H groups in total. The van der Waals surface area contributed by atoms with E-state index in [-0.39, 0.29) is 6.03 Å². The third-order valence-corrected chi connectivity index (χ3v) is 4.90. The van der Waals surface area contributed by atoms with Gasteiger partial charge in [0.1, 0.15) is 0 Å². The highest BCUT2D eigenvalue weighted by Crippen LogP contribution is 2.36. The number of carbonyl (C=O) groups excluding carboxylic acids is 1. The van der Waals surface area contributed by atoms with E-state index in [0.29, 0.717) is 32.0 Å². The monoisotopic (exact) mass is 282 g/mol. The smallest absolute Gasteiger partial charge is 0.320 e. The minimum Gasteiger partial charge on any atom is -0.481 e. The van der Waals surface area contributed by atoms with E-state index in [1.807, 2.05) is 11.8 Å². The molecule has 20 heavy (non-hydrogen) atoms. The van der Waals surface area contributed by atoms with E-state index in [1.165, 1.54) is 0 Å². The number of carbonyl (C=O) groups is 2. The zero-order valence-electron chi connectivity index (χ0n) is 12.6. The molecule has 2 fully saturated rings. The molecule has 5 nitrogen and oxygen atoms in total. The van der Waals surface area contributed by atoms with Crippen molar-refractivity contribution in [2.45, 2.75) is 58.4 Å². The number of nitrogens with zero attached hydrogens (tertiary/aromatic N) is 2. The van der Waals surface area contributed by atoms with Crippen molar-refractivity contribution in [2.75, 3.05) is 19.6 Å². The van der Waals surface area contributed by atoms with Crippen LogP contribution in [-0.4, -0.2) is 52.6 Å². The van der Waals surface area contributed by atoms with Crippen LogP contribution in [0.3, 0.4) is 0 Å². The van der Waals surface area contributed by atoms with Gasteiger partial charge in [-0.1, -0.05) is 20.3 Å². The summed E-state index contributed by atoms with van der Waals surface area (Å²) in [5, 5.41) is 9.51. The van der Waals surface area contributed by atoms with Crippen molar-refractivity contribution in [1.82, 2.24) is 9.80 Å². The molecule has 2 rings (SSSR count). The number of hydrogen-bond acceptors (Lipinski definition) is 2. The first-order chi connectivity index (χ1) is 9.54. The summed E-state index contributed by atoms with van der Waals surface area (Å²) in [5.41, 5.74) is -0.716. The van der Waals surface area contributed by atoms with Crippen molar-refractivity contribution < 1.29 is 14.7 Å². The Hall–Kier alpha value is -1.26. The van der Waals surface area contributed by atoms with Crippen molar-refractivity contribution in [1.29, 1.82) is 0 Å². The fourth-order valence-electron chi connectivity index (χ4n) is 3.69. The minimum atomic E-state index is -0.747. The maximum absolute atomic E-state index is 12.6. The summed E-state index contributed by atoms with van der Waals surface area (Å²) in [4.78, 5) is 27.9. The first kappa shape index (κ1) is 15.1. The van der Waals surface area contributed by atoms with Gasteiger partial charge in [-0.05, 0) is 32.1 Å². The number of urea groups is 1. The largest absolute Gasteiger partial charge is 0.481 e. The van der Waals surface area contributed by atoms with Crippen LogP contribution >= 0.6 is 0 Å². The van der Waals surface area contributed by atoms with E-state index in [2.05, 4.69) is 6.92 Å². The first-order valence-corrected chi connectivity index (χ1v) is 7.83. The predicted octanol–water partition coefficient (Wildman–Crippen LogP) is 2.56. The second-order valence-electron chi connectivity index (χ2n) is 6.19. The van der Waals surface area contributed by atoms with Gasteiger partial charge in [-0.3, -0.25) is 4.79 Å². The fourth-order valence-corrected chi connectivity index (χ4v) is 3.69. The van der Waals surface area contributed by atoms with Crippen molar-refractivity contribution in [2.24, 2.45) is 5.41 Å². The number of carboxylic acids is 1. The molecule has 114 valence electrons. The molecular weight excluding hydrogens is 256 g/mol. The van der Waals surface area contributed by atoms with Crippen LogP contribution in [-0.2, 0) is 4.79 Å². The third kappa shape index (κ3) is 2.63. The molecule has 2 amide bonds. The summed E-state index contributed by atoms with van der Waals surface area (Å²) in [6.07, 6.45) is 5.22. The van der Waals surface area contributed by atoms with Crippen LogP contribution in [0.4, 0.5) is 4.79 Å². The number of aliphatic carboxylic acids is 1. The van der Waals surface area contributed by atoms with Gasteiger partial charge in [0.15, 0.2) is 0 Å². The molecule has 0 bridgehead atoms. The fraction of sp³-hybridized carbons (Fsp3) is 0.867. The zero-order valence-corrected chi connectivity index (χ0v) is 12.6. The van der Waals surface area contributed by atoms with Crippen molar-refractivity contribution in [3.63, 3.8) is 0 Å². The standard InChI is InChI=1S/C15H26N2O3/c1-3-7-15(13(18)19)8-10-16(11-15)14(20)17-9-5-6-12(17)4-2/h12H,3-11H2,1-2H3,(H,18,19). The molecule has 2 aliphatic heterocycles. The maximum Gasteiger partial charge on any atom is 0.320 e.